The number of nitrogens with one attached hydrogen (secondary N) is 2. The standard InChI is InChI=1S/C17H18N6O3/c1-10-20-16(26-22-10)15-7-13-14(19-9-18-13)8-23(15)17(24)21-11-3-5-12(25-2)6-4-11/h3-6,9,15H,7-8H2,1-2H3,(H,18,19)(H,21,24)/t15-/m0/s1. The van der Waals surface area contributed by atoms with Crippen LogP contribution >= 0.6 is 0 Å². The van der Waals surface area contributed by atoms with Crippen molar-refractivity contribution in [2.45, 2.75) is 25.9 Å². The Labute approximate surface area is 149 Å². The third-order valence-corrected chi connectivity index (χ3v) is 4.33. The number of anilines is 1. The molecule has 1 aliphatic heterocycles. The molecule has 0 fully saturated rings. The Morgan fingerprint density at radius 3 is 2.88 bits per heavy atom. The van der Waals surface area contributed by atoms with Gasteiger partial charge in [0.25, 0.3) is 0 Å². The molecule has 0 saturated heterocycles. The van der Waals surface area contributed by atoms with Gasteiger partial charge in [0.1, 0.15) is 11.8 Å². The largest absolute Gasteiger partial charge is 0.497 e. The summed E-state index contributed by atoms with van der Waals surface area (Å²) in [5, 5.41) is 6.75. The first-order valence-electron chi connectivity index (χ1n) is 8.17. The quantitative estimate of drug-likeness (QED) is 0.748. The molecule has 0 spiro atoms. The first kappa shape index (κ1) is 16.1. The summed E-state index contributed by atoms with van der Waals surface area (Å²) < 4.78 is 10.5. The van der Waals surface area contributed by atoms with Crippen molar-refractivity contribution >= 4 is 11.7 Å². The summed E-state index contributed by atoms with van der Waals surface area (Å²) in [5.41, 5.74) is 2.48. The number of carbonyl (C=O) groups is 1. The fourth-order valence-corrected chi connectivity index (χ4v) is 2.99. The Morgan fingerprint density at radius 2 is 2.19 bits per heavy atom. The number of fused-ring (bicyclic) bond motifs is 1. The van der Waals surface area contributed by atoms with E-state index in [0.717, 1.165) is 17.1 Å². The second kappa shape index (κ2) is 6.51. The van der Waals surface area contributed by atoms with Gasteiger partial charge in [0.05, 0.1) is 31.4 Å². The fourth-order valence-electron chi connectivity index (χ4n) is 2.99. The molecule has 134 valence electrons. The molecule has 1 atom stereocenters. The topological polar surface area (TPSA) is 109 Å². The van der Waals surface area contributed by atoms with Gasteiger partial charge in [0.15, 0.2) is 5.82 Å². The van der Waals surface area contributed by atoms with E-state index in [-0.39, 0.29) is 12.1 Å². The van der Waals surface area contributed by atoms with Gasteiger partial charge in [-0.05, 0) is 31.2 Å². The Balaban J connectivity index is 1.59. The zero-order chi connectivity index (χ0) is 18.1. The number of aromatic nitrogens is 4. The summed E-state index contributed by atoms with van der Waals surface area (Å²) in [6, 6.07) is 6.53. The van der Waals surface area contributed by atoms with E-state index in [4.69, 9.17) is 9.26 Å². The predicted molar refractivity (Wildman–Crippen MR) is 91.6 cm³/mol. The van der Waals surface area contributed by atoms with Gasteiger partial charge in [0, 0.05) is 12.1 Å². The van der Waals surface area contributed by atoms with Gasteiger partial charge in [-0.15, -0.1) is 0 Å². The molecule has 2 amide bonds. The smallest absolute Gasteiger partial charge is 0.322 e. The molecule has 0 saturated carbocycles. The number of amides is 2. The molecular weight excluding hydrogens is 336 g/mol. The zero-order valence-electron chi connectivity index (χ0n) is 14.4. The SMILES string of the molecule is COc1ccc(NC(=O)N2Cc3[nH]cnc3C[C@H]2c2nc(C)no2)cc1. The lowest BCUT2D eigenvalue weighted by atomic mass is 10.0. The molecule has 0 aliphatic carbocycles. The second-order valence-corrected chi connectivity index (χ2v) is 6.01. The minimum absolute atomic E-state index is 0.253. The monoisotopic (exact) mass is 354 g/mol. The predicted octanol–water partition coefficient (Wildman–Crippen LogP) is 2.44. The number of ether oxygens (including phenoxy) is 1. The number of hydrogen-bond donors (Lipinski definition) is 2. The van der Waals surface area contributed by atoms with Crippen molar-refractivity contribution in [3.05, 3.63) is 53.7 Å². The van der Waals surface area contributed by atoms with Gasteiger partial charge >= 0.3 is 6.03 Å². The van der Waals surface area contributed by atoms with E-state index in [1.807, 2.05) is 0 Å². The van der Waals surface area contributed by atoms with Crippen molar-refractivity contribution in [3.63, 3.8) is 0 Å². The third kappa shape index (κ3) is 2.99. The number of H-pyrrole nitrogens is 1. The van der Waals surface area contributed by atoms with Crippen molar-refractivity contribution in [1.29, 1.82) is 0 Å². The number of aromatic amines is 1. The van der Waals surface area contributed by atoms with E-state index in [1.165, 1.54) is 0 Å². The summed E-state index contributed by atoms with van der Waals surface area (Å²) >= 11 is 0. The minimum Gasteiger partial charge on any atom is -0.497 e. The Kier molecular flexibility index (Phi) is 4.04. The van der Waals surface area contributed by atoms with Crippen LogP contribution in [0, 0.1) is 6.92 Å². The van der Waals surface area contributed by atoms with Gasteiger partial charge in [-0.3, -0.25) is 0 Å². The summed E-state index contributed by atoms with van der Waals surface area (Å²) in [7, 11) is 1.60. The molecule has 9 heteroatoms. The van der Waals surface area contributed by atoms with E-state index in [9.17, 15) is 4.79 Å². The number of aryl methyl sites for hydroxylation is 1. The zero-order valence-corrected chi connectivity index (χ0v) is 14.4. The van der Waals surface area contributed by atoms with E-state index < -0.39 is 0 Å². The number of nitrogens with zero attached hydrogens (tertiary/aromatic N) is 4. The number of urea groups is 1. The maximum atomic E-state index is 12.9. The number of methoxy groups -OCH3 is 1. The van der Waals surface area contributed by atoms with E-state index in [1.54, 1.807) is 49.5 Å². The van der Waals surface area contributed by atoms with Gasteiger partial charge < -0.3 is 24.5 Å². The molecule has 1 aliphatic rings. The summed E-state index contributed by atoms with van der Waals surface area (Å²) in [6.45, 7) is 2.13. The number of imidazole rings is 1. The first-order chi connectivity index (χ1) is 12.6. The van der Waals surface area contributed by atoms with Gasteiger partial charge in [-0.25, -0.2) is 9.78 Å². The van der Waals surface area contributed by atoms with Gasteiger partial charge in [-0.1, -0.05) is 5.16 Å². The van der Waals surface area contributed by atoms with Crippen molar-refractivity contribution in [2.75, 3.05) is 12.4 Å². The number of carbonyl (C=O) groups excluding carboxylic acids is 1. The highest BCUT2D eigenvalue weighted by atomic mass is 16.5. The summed E-state index contributed by atoms with van der Waals surface area (Å²) in [4.78, 5) is 26.3. The van der Waals surface area contributed by atoms with Gasteiger partial charge in [-0.2, -0.15) is 4.98 Å². The summed E-state index contributed by atoms with van der Waals surface area (Å²) in [6.07, 6.45) is 2.14. The highest BCUT2D eigenvalue weighted by molar-refractivity contribution is 5.89. The van der Waals surface area contributed by atoms with Crippen LogP contribution in [0.15, 0.2) is 35.1 Å². The van der Waals surface area contributed by atoms with Crippen LogP contribution in [0.4, 0.5) is 10.5 Å². The van der Waals surface area contributed by atoms with Crippen molar-refractivity contribution in [1.82, 2.24) is 25.0 Å². The van der Waals surface area contributed by atoms with Crippen LogP contribution < -0.4 is 10.1 Å². The molecule has 0 radical (unpaired) electrons. The normalized spacial score (nSPS) is 16.2. The molecule has 2 aromatic heterocycles. The van der Waals surface area contributed by atoms with Crippen LogP contribution in [0.2, 0.25) is 0 Å². The lowest BCUT2D eigenvalue weighted by Gasteiger charge is -2.32. The molecule has 1 aromatic carbocycles. The van der Waals surface area contributed by atoms with Crippen LogP contribution in [0.5, 0.6) is 5.75 Å². The number of rotatable bonds is 3. The molecule has 0 unspecified atom stereocenters. The molecular formula is C17H18N6O3. The third-order valence-electron chi connectivity index (χ3n) is 4.33. The lowest BCUT2D eigenvalue weighted by Crippen LogP contribution is -2.41. The molecule has 3 heterocycles. The summed E-state index contributed by atoms with van der Waals surface area (Å²) in [5.74, 6) is 1.66. The number of benzene rings is 1. The molecule has 26 heavy (non-hydrogen) atoms. The Bertz CT molecular complexity index is 917. The van der Waals surface area contributed by atoms with Gasteiger partial charge in [0.2, 0.25) is 5.89 Å². The molecule has 2 N–H and O–H groups in total. The lowest BCUT2D eigenvalue weighted by molar-refractivity contribution is 0.155. The fraction of sp³-hybridized carbons (Fsp3) is 0.294. The highest BCUT2D eigenvalue weighted by Crippen LogP contribution is 2.31. The molecule has 0 bridgehead atoms. The molecule has 3 aromatic rings. The van der Waals surface area contributed by atoms with Crippen LogP contribution in [0.1, 0.15) is 29.1 Å². The highest BCUT2D eigenvalue weighted by Gasteiger charge is 2.35. The van der Waals surface area contributed by atoms with Crippen molar-refractivity contribution in [2.24, 2.45) is 0 Å². The Morgan fingerprint density at radius 1 is 1.38 bits per heavy atom. The van der Waals surface area contributed by atoms with E-state index in [0.29, 0.717) is 30.4 Å². The van der Waals surface area contributed by atoms with Crippen LogP contribution in [0.3, 0.4) is 0 Å². The maximum absolute atomic E-state index is 12.9. The second-order valence-electron chi connectivity index (χ2n) is 6.01. The molecule has 9 nitrogen and oxygen atoms in total. The maximum Gasteiger partial charge on any atom is 0.322 e. The average molecular weight is 354 g/mol. The van der Waals surface area contributed by atoms with E-state index in [2.05, 4.69) is 25.4 Å². The van der Waals surface area contributed by atoms with E-state index >= 15 is 0 Å². The van der Waals surface area contributed by atoms with Crippen molar-refractivity contribution < 1.29 is 14.1 Å². The Hall–Kier alpha value is -3.36. The average Bonchev–Trinajstić information content (AvgIpc) is 3.29. The molecule has 4 rings (SSSR count). The van der Waals surface area contributed by atoms with Crippen LogP contribution in [-0.2, 0) is 13.0 Å². The minimum atomic E-state index is -0.370. The van der Waals surface area contributed by atoms with Crippen LogP contribution in [-0.4, -0.2) is 38.1 Å². The van der Waals surface area contributed by atoms with Crippen molar-refractivity contribution in [3.8, 4) is 5.75 Å². The van der Waals surface area contributed by atoms with Crippen LogP contribution in [0.25, 0.3) is 0 Å². The number of hydrogen-bond acceptors (Lipinski definition) is 6. The first-order valence-corrected chi connectivity index (χ1v) is 8.17.